The summed E-state index contributed by atoms with van der Waals surface area (Å²) in [7, 11) is -0.761. The molecule has 0 aliphatic heterocycles. The van der Waals surface area contributed by atoms with E-state index < -0.39 is 10.8 Å². The molecular formula is C15H30OS. The van der Waals surface area contributed by atoms with Crippen molar-refractivity contribution in [2.75, 3.05) is 6.26 Å². The molecule has 0 N–H and O–H groups in total. The summed E-state index contributed by atoms with van der Waals surface area (Å²) in [6.45, 7) is 2.27. The van der Waals surface area contributed by atoms with E-state index in [1.807, 2.05) is 0 Å². The topological polar surface area (TPSA) is 17.1 Å². The molecular weight excluding hydrogens is 228 g/mol. The van der Waals surface area contributed by atoms with Crippen LogP contribution in [0.4, 0.5) is 0 Å². The Hall–Kier alpha value is -0.110. The Kier molecular flexibility index (Phi) is 13.9. The van der Waals surface area contributed by atoms with Gasteiger partial charge in [0.15, 0.2) is 0 Å². The van der Waals surface area contributed by atoms with Crippen molar-refractivity contribution in [3.8, 4) is 0 Å². The van der Waals surface area contributed by atoms with Crippen LogP contribution in [-0.4, -0.2) is 10.5 Å². The van der Waals surface area contributed by atoms with Gasteiger partial charge in [0, 0.05) is 17.1 Å². The van der Waals surface area contributed by atoms with Crippen molar-refractivity contribution in [2.45, 2.75) is 77.6 Å². The molecule has 0 aromatic rings. The van der Waals surface area contributed by atoms with Crippen LogP contribution in [0.15, 0.2) is 11.5 Å². The molecule has 0 amide bonds. The van der Waals surface area contributed by atoms with E-state index in [-0.39, 0.29) is 0 Å². The minimum atomic E-state index is -0.761. The molecule has 0 saturated carbocycles. The number of hydrogen-bond donors (Lipinski definition) is 0. The maximum atomic E-state index is 10.8. The van der Waals surface area contributed by atoms with Gasteiger partial charge >= 0.3 is 0 Å². The lowest BCUT2D eigenvalue weighted by Gasteiger charge is -2.01. The predicted molar refractivity (Wildman–Crippen MR) is 79.7 cm³/mol. The zero-order chi connectivity index (χ0) is 12.8. The van der Waals surface area contributed by atoms with Gasteiger partial charge < -0.3 is 0 Å². The maximum absolute atomic E-state index is 10.8. The van der Waals surface area contributed by atoms with Crippen LogP contribution in [-0.2, 0) is 10.8 Å². The van der Waals surface area contributed by atoms with E-state index in [0.29, 0.717) is 0 Å². The standard InChI is InChI=1S/C15H30OS/c1-3-4-5-6-7-8-9-10-11-12-13-14-15-17(2)16/h14-15H,3-13H2,1-2H3. The fourth-order valence-electron chi connectivity index (χ4n) is 1.95. The highest BCUT2D eigenvalue weighted by Gasteiger charge is 1.91. The van der Waals surface area contributed by atoms with Gasteiger partial charge in [-0.25, -0.2) is 0 Å². The average molecular weight is 258 g/mol. The summed E-state index contributed by atoms with van der Waals surface area (Å²) in [5, 5.41) is 1.80. The molecule has 1 atom stereocenters. The zero-order valence-electron chi connectivity index (χ0n) is 11.7. The lowest BCUT2D eigenvalue weighted by molar-refractivity contribution is 0.557. The maximum Gasteiger partial charge on any atom is 0.0421 e. The van der Waals surface area contributed by atoms with Gasteiger partial charge in [-0.2, -0.15) is 0 Å². The second-order valence-corrected chi connectivity index (χ2v) is 6.11. The average Bonchev–Trinajstić information content (AvgIpc) is 2.30. The smallest absolute Gasteiger partial charge is 0.0421 e. The van der Waals surface area contributed by atoms with Gasteiger partial charge in [-0.05, 0) is 18.2 Å². The number of rotatable bonds is 12. The molecule has 0 aromatic heterocycles. The molecule has 17 heavy (non-hydrogen) atoms. The Morgan fingerprint density at radius 3 is 1.76 bits per heavy atom. The van der Waals surface area contributed by atoms with Gasteiger partial charge in [0.25, 0.3) is 0 Å². The monoisotopic (exact) mass is 258 g/mol. The van der Waals surface area contributed by atoms with E-state index in [1.54, 1.807) is 11.7 Å². The van der Waals surface area contributed by atoms with Gasteiger partial charge in [-0.1, -0.05) is 70.8 Å². The molecule has 0 spiro atoms. The predicted octanol–water partition coefficient (Wildman–Crippen LogP) is 5.19. The van der Waals surface area contributed by atoms with Crippen molar-refractivity contribution < 1.29 is 4.21 Å². The SMILES string of the molecule is CCCCCCCCCCCCC=CS(C)=O. The minimum absolute atomic E-state index is 0.761. The van der Waals surface area contributed by atoms with Crippen LogP contribution in [0.1, 0.15) is 77.6 Å². The Morgan fingerprint density at radius 1 is 0.824 bits per heavy atom. The van der Waals surface area contributed by atoms with Gasteiger partial charge in [0.05, 0.1) is 0 Å². The van der Waals surface area contributed by atoms with Crippen LogP contribution in [0, 0.1) is 0 Å². The number of allylic oxidation sites excluding steroid dienone is 1. The van der Waals surface area contributed by atoms with Gasteiger partial charge in [0.2, 0.25) is 0 Å². The Bertz CT molecular complexity index is 199. The fourth-order valence-corrected chi connectivity index (χ4v) is 2.36. The molecule has 1 nitrogen and oxygen atoms in total. The first-order valence-electron chi connectivity index (χ1n) is 7.26. The highest BCUT2D eigenvalue weighted by molar-refractivity contribution is 7.87. The third-order valence-corrected chi connectivity index (χ3v) is 3.59. The van der Waals surface area contributed by atoms with Gasteiger partial charge in [-0.3, -0.25) is 4.21 Å². The minimum Gasteiger partial charge on any atom is -0.255 e. The van der Waals surface area contributed by atoms with Crippen LogP contribution in [0.25, 0.3) is 0 Å². The first-order chi connectivity index (χ1) is 8.27. The fraction of sp³-hybridized carbons (Fsp3) is 0.867. The summed E-state index contributed by atoms with van der Waals surface area (Å²) >= 11 is 0. The molecule has 102 valence electrons. The van der Waals surface area contributed by atoms with Crippen molar-refractivity contribution in [3.05, 3.63) is 11.5 Å². The Balaban J connectivity index is 3.01. The molecule has 0 aromatic carbocycles. The zero-order valence-corrected chi connectivity index (χ0v) is 12.6. The summed E-state index contributed by atoms with van der Waals surface area (Å²) in [6.07, 6.45) is 18.7. The van der Waals surface area contributed by atoms with Gasteiger partial charge in [-0.15, -0.1) is 0 Å². The molecule has 0 radical (unpaired) electrons. The van der Waals surface area contributed by atoms with Gasteiger partial charge in [0.1, 0.15) is 0 Å². The molecule has 0 bridgehead atoms. The summed E-state index contributed by atoms with van der Waals surface area (Å²) < 4.78 is 10.8. The lowest BCUT2D eigenvalue weighted by Crippen LogP contribution is -1.81. The van der Waals surface area contributed by atoms with E-state index in [9.17, 15) is 4.21 Å². The highest BCUT2D eigenvalue weighted by atomic mass is 32.2. The summed E-state index contributed by atoms with van der Waals surface area (Å²) in [6, 6.07) is 0. The van der Waals surface area contributed by atoms with Crippen molar-refractivity contribution in [1.82, 2.24) is 0 Å². The van der Waals surface area contributed by atoms with E-state index in [2.05, 4.69) is 13.0 Å². The lowest BCUT2D eigenvalue weighted by atomic mass is 10.1. The molecule has 2 heteroatoms. The quantitative estimate of drug-likeness (QED) is 0.440. The number of hydrogen-bond acceptors (Lipinski definition) is 1. The highest BCUT2D eigenvalue weighted by Crippen LogP contribution is 2.11. The molecule has 0 heterocycles. The summed E-state index contributed by atoms with van der Waals surface area (Å²) in [5.74, 6) is 0. The third kappa shape index (κ3) is 15.9. The van der Waals surface area contributed by atoms with E-state index in [4.69, 9.17) is 0 Å². The third-order valence-electron chi connectivity index (χ3n) is 3.01. The van der Waals surface area contributed by atoms with Crippen molar-refractivity contribution in [2.24, 2.45) is 0 Å². The Labute approximate surface area is 111 Å². The first kappa shape index (κ1) is 16.9. The molecule has 1 unspecified atom stereocenters. The molecule has 0 aliphatic carbocycles. The largest absolute Gasteiger partial charge is 0.255 e. The number of unbranched alkanes of at least 4 members (excludes halogenated alkanes) is 10. The molecule has 0 rings (SSSR count). The normalized spacial score (nSPS) is 13.3. The van der Waals surface area contributed by atoms with E-state index in [1.165, 1.54) is 64.2 Å². The molecule has 0 aliphatic rings. The van der Waals surface area contributed by atoms with Crippen molar-refractivity contribution in [1.29, 1.82) is 0 Å². The van der Waals surface area contributed by atoms with Crippen LogP contribution >= 0.6 is 0 Å². The van der Waals surface area contributed by atoms with Crippen molar-refractivity contribution >= 4 is 10.8 Å². The van der Waals surface area contributed by atoms with Crippen LogP contribution in [0.3, 0.4) is 0 Å². The van der Waals surface area contributed by atoms with Crippen LogP contribution in [0.5, 0.6) is 0 Å². The first-order valence-corrected chi connectivity index (χ1v) is 8.88. The van der Waals surface area contributed by atoms with Crippen LogP contribution in [0.2, 0.25) is 0 Å². The molecule has 0 saturated heterocycles. The summed E-state index contributed by atoms with van der Waals surface area (Å²) in [5.41, 5.74) is 0. The van der Waals surface area contributed by atoms with E-state index in [0.717, 1.165) is 6.42 Å². The Morgan fingerprint density at radius 2 is 1.29 bits per heavy atom. The van der Waals surface area contributed by atoms with Crippen LogP contribution < -0.4 is 0 Å². The second-order valence-electron chi connectivity index (χ2n) is 4.84. The summed E-state index contributed by atoms with van der Waals surface area (Å²) in [4.78, 5) is 0. The van der Waals surface area contributed by atoms with Crippen molar-refractivity contribution in [3.63, 3.8) is 0 Å². The second kappa shape index (κ2) is 14.0. The van der Waals surface area contributed by atoms with E-state index >= 15 is 0 Å². The molecule has 0 fully saturated rings.